The Kier molecular flexibility index (Phi) is 5.18. The van der Waals surface area contributed by atoms with Crippen molar-refractivity contribution in [3.8, 4) is 5.75 Å². The third-order valence-electron chi connectivity index (χ3n) is 3.24. The first-order valence-electron chi connectivity index (χ1n) is 6.76. The number of ether oxygens (including phenoxy) is 1. The van der Waals surface area contributed by atoms with Crippen molar-refractivity contribution in [3.05, 3.63) is 64.7 Å². The predicted molar refractivity (Wildman–Crippen MR) is 80.8 cm³/mol. The second kappa shape index (κ2) is 6.90. The van der Waals surface area contributed by atoms with Gasteiger partial charge in [0.25, 0.3) is 0 Å². The van der Waals surface area contributed by atoms with E-state index in [9.17, 15) is 8.78 Å². The van der Waals surface area contributed by atoms with Gasteiger partial charge in [0.05, 0.1) is 0 Å². The van der Waals surface area contributed by atoms with Crippen molar-refractivity contribution in [2.75, 3.05) is 0 Å². The molecule has 1 nitrogen and oxygen atoms in total. The van der Waals surface area contributed by atoms with E-state index in [0.717, 1.165) is 5.56 Å². The molecule has 0 aromatic heterocycles. The molecule has 0 atom stereocenters. The molecule has 0 saturated carbocycles. The fraction of sp³-hybridized carbons (Fsp3) is 0.294. The fourth-order valence-corrected chi connectivity index (χ4v) is 2.14. The lowest BCUT2D eigenvalue weighted by molar-refractivity contribution is 0.274. The molecule has 0 saturated heterocycles. The van der Waals surface area contributed by atoms with Gasteiger partial charge in [-0.3, -0.25) is 0 Å². The number of hydrogen-bond acceptors (Lipinski definition) is 1. The molecule has 2 rings (SSSR count). The van der Waals surface area contributed by atoms with Gasteiger partial charge in [0.2, 0.25) is 0 Å². The molecule has 0 fully saturated rings. The van der Waals surface area contributed by atoms with E-state index in [1.165, 1.54) is 17.7 Å². The molecule has 0 heterocycles. The van der Waals surface area contributed by atoms with E-state index in [1.54, 1.807) is 0 Å². The Hall–Kier alpha value is -1.61. The third kappa shape index (κ3) is 3.94. The molecular formula is C17H17ClF2O. The average Bonchev–Trinajstić information content (AvgIpc) is 2.46. The zero-order valence-corrected chi connectivity index (χ0v) is 12.8. The summed E-state index contributed by atoms with van der Waals surface area (Å²) in [6, 6.07) is 10.2. The summed E-state index contributed by atoms with van der Waals surface area (Å²) in [7, 11) is 0. The minimum absolute atomic E-state index is 0.0603. The van der Waals surface area contributed by atoms with Crippen molar-refractivity contribution >= 4 is 11.6 Å². The first-order chi connectivity index (χ1) is 10.0. The first kappa shape index (κ1) is 15.8. The summed E-state index contributed by atoms with van der Waals surface area (Å²) >= 11 is 5.56. The fourth-order valence-electron chi connectivity index (χ4n) is 1.98. The van der Waals surface area contributed by atoms with Gasteiger partial charge in [-0.1, -0.05) is 38.1 Å². The van der Waals surface area contributed by atoms with Crippen molar-refractivity contribution in [1.29, 1.82) is 0 Å². The number of halogens is 3. The van der Waals surface area contributed by atoms with Crippen LogP contribution in [-0.4, -0.2) is 0 Å². The van der Waals surface area contributed by atoms with Crippen molar-refractivity contribution in [2.45, 2.75) is 32.3 Å². The minimum atomic E-state index is -0.732. The molecular weight excluding hydrogens is 294 g/mol. The van der Waals surface area contributed by atoms with Crippen LogP contribution in [0.2, 0.25) is 0 Å². The van der Waals surface area contributed by atoms with Gasteiger partial charge in [-0.2, -0.15) is 0 Å². The molecule has 2 aromatic carbocycles. The molecule has 0 aliphatic rings. The Labute approximate surface area is 128 Å². The lowest BCUT2D eigenvalue weighted by Crippen LogP contribution is -2.01. The smallest absolute Gasteiger partial charge is 0.191 e. The van der Waals surface area contributed by atoms with Gasteiger partial charge in [-0.05, 0) is 34.7 Å². The quantitative estimate of drug-likeness (QED) is 0.671. The summed E-state index contributed by atoms with van der Waals surface area (Å²) in [5.74, 6) is -1.33. The number of alkyl halides is 1. The highest BCUT2D eigenvalue weighted by Crippen LogP contribution is 2.25. The van der Waals surface area contributed by atoms with Gasteiger partial charge in [-0.25, -0.2) is 8.78 Å². The van der Waals surface area contributed by atoms with Gasteiger partial charge >= 0.3 is 0 Å². The molecule has 0 N–H and O–H groups in total. The lowest BCUT2D eigenvalue weighted by atomic mass is 10.0. The monoisotopic (exact) mass is 310 g/mol. The van der Waals surface area contributed by atoms with E-state index in [0.29, 0.717) is 11.5 Å². The minimum Gasteiger partial charge on any atom is -0.483 e. The van der Waals surface area contributed by atoms with Crippen LogP contribution in [-0.2, 0) is 12.5 Å². The molecule has 2 aromatic rings. The highest BCUT2D eigenvalue weighted by molar-refractivity contribution is 6.17. The Morgan fingerprint density at radius 1 is 1.00 bits per heavy atom. The van der Waals surface area contributed by atoms with Crippen molar-refractivity contribution < 1.29 is 13.5 Å². The topological polar surface area (TPSA) is 9.23 Å². The van der Waals surface area contributed by atoms with Gasteiger partial charge in [0, 0.05) is 5.88 Å². The molecule has 0 aliphatic carbocycles. The summed E-state index contributed by atoms with van der Waals surface area (Å²) in [6.07, 6.45) is 0. The summed E-state index contributed by atoms with van der Waals surface area (Å²) in [5, 5.41) is 0. The molecule has 21 heavy (non-hydrogen) atoms. The molecule has 0 spiro atoms. The second-order valence-electron chi connectivity index (χ2n) is 5.21. The van der Waals surface area contributed by atoms with Crippen LogP contribution in [0.3, 0.4) is 0 Å². The van der Waals surface area contributed by atoms with Crippen LogP contribution in [0.15, 0.2) is 36.4 Å². The van der Waals surface area contributed by atoms with Crippen molar-refractivity contribution in [1.82, 2.24) is 0 Å². The SMILES string of the molecule is CC(C)c1ccc(COc2c(F)cc(CCl)cc2F)cc1. The predicted octanol–water partition coefficient (Wildman–Crippen LogP) is 5.41. The standard InChI is InChI=1S/C17H17ClF2O/c1-11(2)14-5-3-12(4-6-14)10-21-17-15(19)7-13(9-18)8-16(17)20/h3-8,11H,9-10H2,1-2H3. The van der Waals surface area contributed by atoms with E-state index in [2.05, 4.69) is 13.8 Å². The Bertz CT molecular complexity index is 586. The van der Waals surface area contributed by atoms with Gasteiger partial charge < -0.3 is 4.74 Å². The van der Waals surface area contributed by atoms with Crippen LogP contribution in [0.4, 0.5) is 8.78 Å². The molecule has 0 radical (unpaired) electrons. The molecule has 4 heteroatoms. The van der Waals surface area contributed by atoms with E-state index >= 15 is 0 Å². The van der Waals surface area contributed by atoms with Gasteiger partial charge in [0.1, 0.15) is 6.61 Å². The number of hydrogen-bond donors (Lipinski definition) is 0. The zero-order valence-electron chi connectivity index (χ0n) is 12.0. The van der Waals surface area contributed by atoms with Crippen LogP contribution in [0.5, 0.6) is 5.75 Å². The lowest BCUT2D eigenvalue weighted by Gasteiger charge is -2.11. The van der Waals surface area contributed by atoms with Crippen molar-refractivity contribution in [3.63, 3.8) is 0 Å². The summed E-state index contributed by atoms with van der Waals surface area (Å²) < 4.78 is 32.8. The van der Waals surface area contributed by atoms with E-state index in [-0.39, 0.29) is 18.2 Å². The van der Waals surface area contributed by atoms with Crippen LogP contribution in [0.1, 0.15) is 36.5 Å². The van der Waals surface area contributed by atoms with Crippen LogP contribution >= 0.6 is 11.6 Å². The van der Waals surface area contributed by atoms with E-state index in [4.69, 9.17) is 16.3 Å². The second-order valence-corrected chi connectivity index (χ2v) is 5.47. The largest absolute Gasteiger partial charge is 0.483 e. The highest BCUT2D eigenvalue weighted by Gasteiger charge is 2.12. The maximum Gasteiger partial charge on any atom is 0.191 e. The molecule has 112 valence electrons. The molecule has 0 aliphatic heterocycles. The Morgan fingerprint density at radius 3 is 2.05 bits per heavy atom. The maximum absolute atomic E-state index is 13.7. The number of benzene rings is 2. The number of rotatable bonds is 5. The van der Waals surface area contributed by atoms with Crippen molar-refractivity contribution in [2.24, 2.45) is 0 Å². The maximum atomic E-state index is 13.7. The highest BCUT2D eigenvalue weighted by atomic mass is 35.5. The van der Waals surface area contributed by atoms with E-state index in [1.807, 2.05) is 24.3 Å². The zero-order chi connectivity index (χ0) is 15.4. The van der Waals surface area contributed by atoms with E-state index < -0.39 is 11.6 Å². The first-order valence-corrected chi connectivity index (χ1v) is 7.30. The summed E-state index contributed by atoms with van der Waals surface area (Å²) in [4.78, 5) is 0. The van der Waals surface area contributed by atoms with Gasteiger partial charge in [0.15, 0.2) is 17.4 Å². The Morgan fingerprint density at radius 2 is 1.57 bits per heavy atom. The molecule has 0 unspecified atom stereocenters. The van der Waals surface area contributed by atoms with Gasteiger partial charge in [-0.15, -0.1) is 11.6 Å². The summed E-state index contributed by atoms with van der Waals surface area (Å²) in [6.45, 7) is 4.33. The molecule has 0 bridgehead atoms. The summed E-state index contributed by atoms with van der Waals surface area (Å²) in [5.41, 5.74) is 2.46. The Balaban J connectivity index is 2.09. The average molecular weight is 311 g/mol. The van der Waals surface area contributed by atoms with Crippen LogP contribution < -0.4 is 4.74 Å². The molecule has 0 amide bonds. The van der Waals surface area contributed by atoms with Crippen LogP contribution in [0.25, 0.3) is 0 Å². The van der Waals surface area contributed by atoms with Crippen LogP contribution in [0, 0.1) is 11.6 Å². The third-order valence-corrected chi connectivity index (χ3v) is 3.55. The normalized spacial score (nSPS) is 11.0.